The number of anilines is 1. The fraction of sp³-hybridized carbons (Fsp3) is 0.381. The smallest absolute Gasteiger partial charge is 0.255 e. The van der Waals surface area contributed by atoms with Crippen LogP contribution in [0.25, 0.3) is 0 Å². The van der Waals surface area contributed by atoms with Crippen LogP contribution >= 0.6 is 0 Å². The molecule has 0 saturated carbocycles. The van der Waals surface area contributed by atoms with Gasteiger partial charge in [-0.1, -0.05) is 43.5 Å². The van der Waals surface area contributed by atoms with Crippen LogP contribution in [0.3, 0.4) is 0 Å². The van der Waals surface area contributed by atoms with E-state index < -0.39 is 10.0 Å². The first-order valence-corrected chi connectivity index (χ1v) is 10.7. The zero-order chi connectivity index (χ0) is 20.0. The molecular weight excluding hydrogens is 360 g/mol. The van der Waals surface area contributed by atoms with Gasteiger partial charge in [-0.05, 0) is 56.5 Å². The summed E-state index contributed by atoms with van der Waals surface area (Å²) in [6.45, 7) is 8.35. The maximum absolute atomic E-state index is 12.7. The molecule has 146 valence electrons. The second-order valence-electron chi connectivity index (χ2n) is 6.86. The first-order chi connectivity index (χ1) is 12.7. The zero-order valence-electron chi connectivity index (χ0n) is 16.4. The molecule has 0 bridgehead atoms. The minimum Gasteiger partial charge on any atom is -0.322 e. The lowest BCUT2D eigenvalue weighted by atomic mass is 10.0. The Hall–Kier alpha value is -2.18. The summed E-state index contributed by atoms with van der Waals surface area (Å²) in [6.07, 6.45) is 2.79. The number of aryl methyl sites for hydroxylation is 3. The van der Waals surface area contributed by atoms with Gasteiger partial charge in [0, 0.05) is 17.8 Å². The number of hydrogen-bond donors (Lipinski definition) is 2. The molecule has 0 spiro atoms. The van der Waals surface area contributed by atoms with Crippen molar-refractivity contribution in [1.82, 2.24) is 4.72 Å². The summed E-state index contributed by atoms with van der Waals surface area (Å²) < 4.78 is 27.5. The monoisotopic (exact) mass is 388 g/mol. The fourth-order valence-electron chi connectivity index (χ4n) is 3.03. The predicted octanol–water partition coefficient (Wildman–Crippen LogP) is 4.33. The topological polar surface area (TPSA) is 75.3 Å². The van der Waals surface area contributed by atoms with Gasteiger partial charge in [0.25, 0.3) is 5.91 Å². The van der Waals surface area contributed by atoms with Gasteiger partial charge in [0.2, 0.25) is 10.0 Å². The van der Waals surface area contributed by atoms with Gasteiger partial charge in [-0.2, -0.15) is 0 Å². The van der Waals surface area contributed by atoms with Crippen molar-refractivity contribution in [3.8, 4) is 0 Å². The highest BCUT2D eigenvalue weighted by Gasteiger charge is 2.16. The normalized spacial score (nSPS) is 11.4. The van der Waals surface area contributed by atoms with Gasteiger partial charge in [-0.25, -0.2) is 13.1 Å². The number of carbonyl (C=O) groups excluding carboxylic acids is 1. The summed E-state index contributed by atoms with van der Waals surface area (Å²) in [5, 5.41) is 2.91. The summed E-state index contributed by atoms with van der Waals surface area (Å²) >= 11 is 0. The number of unbranched alkanes of at least 4 members (excludes halogenated alkanes) is 2. The number of benzene rings is 2. The van der Waals surface area contributed by atoms with Gasteiger partial charge >= 0.3 is 0 Å². The van der Waals surface area contributed by atoms with Gasteiger partial charge in [0.05, 0.1) is 4.90 Å². The summed E-state index contributed by atoms with van der Waals surface area (Å²) in [5.41, 5.74) is 4.15. The van der Waals surface area contributed by atoms with Crippen LogP contribution in [-0.4, -0.2) is 20.9 Å². The van der Waals surface area contributed by atoms with Crippen LogP contribution in [0.4, 0.5) is 5.69 Å². The van der Waals surface area contributed by atoms with Gasteiger partial charge < -0.3 is 5.32 Å². The Kier molecular flexibility index (Phi) is 7.16. The molecule has 2 aromatic rings. The third-order valence-corrected chi connectivity index (χ3v) is 5.85. The lowest BCUT2D eigenvalue weighted by Gasteiger charge is -2.13. The van der Waals surface area contributed by atoms with Crippen molar-refractivity contribution in [2.45, 2.75) is 51.9 Å². The Morgan fingerprint density at radius 2 is 1.67 bits per heavy atom. The fourth-order valence-corrected chi connectivity index (χ4v) is 4.15. The summed E-state index contributed by atoms with van der Waals surface area (Å²) in [6, 6.07) is 10.1. The van der Waals surface area contributed by atoms with Crippen LogP contribution in [0.1, 0.15) is 53.2 Å². The van der Waals surface area contributed by atoms with E-state index in [1.165, 1.54) is 12.1 Å². The minimum absolute atomic E-state index is 0.101. The molecule has 0 atom stereocenters. The van der Waals surface area contributed by atoms with Crippen molar-refractivity contribution in [3.05, 3.63) is 58.7 Å². The molecule has 27 heavy (non-hydrogen) atoms. The molecule has 0 heterocycles. The Balaban J connectivity index is 2.18. The largest absolute Gasteiger partial charge is 0.322 e. The third kappa shape index (κ3) is 5.65. The highest BCUT2D eigenvalue weighted by Crippen LogP contribution is 2.23. The van der Waals surface area contributed by atoms with E-state index in [0.29, 0.717) is 12.1 Å². The lowest BCUT2D eigenvalue weighted by molar-refractivity contribution is 0.102. The van der Waals surface area contributed by atoms with Gasteiger partial charge in [0.15, 0.2) is 0 Å². The quantitative estimate of drug-likeness (QED) is 0.661. The zero-order valence-corrected chi connectivity index (χ0v) is 17.2. The van der Waals surface area contributed by atoms with Crippen LogP contribution in [0.15, 0.2) is 41.3 Å². The second-order valence-corrected chi connectivity index (χ2v) is 8.63. The maximum atomic E-state index is 12.7. The highest BCUT2D eigenvalue weighted by molar-refractivity contribution is 7.89. The first kappa shape index (κ1) is 21.1. The van der Waals surface area contributed by atoms with Gasteiger partial charge in [-0.15, -0.1) is 0 Å². The van der Waals surface area contributed by atoms with Crippen LogP contribution < -0.4 is 10.0 Å². The molecule has 1 amide bonds. The van der Waals surface area contributed by atoms with Crippen molar-refractivity contribution in [3.63, 3.8) is 0 Å². The molecule has 0 aromatic heterocycles. The molecule has 2 N–H and O–H groups in total. The molecule has 2 rings (SSSR count). The number of nitrogens with one attached hydrogen (secondary N) is 2. The number of rotatable bonds is 8. The summed E-state index contributed by atoms with van der Waals surface area (Å²) in [5.74, 6) is -0.326. The Labute approximate surface area is 162 Å². The number of sulfonamides is 1. The first-order valence-electron chi connectivity index (χ1n) is 9.23. The molecule has 0 unspecified atom stereocenters. The van der Waals surface area contributed by atoms with Crippen molar-refractivity contribution < 1.29 is 13.2 Å². The molecule has 0 aliphatic heterocycles. The summed E-state index contributed by atoms with van der Waals surface area (Å²) in [4.78, 5) is 12.8. The number of carbonyl (C=O) groups is 1. The molecule has 2 aromatic carbocycles. The van der Waals surface area contributed by atoms with E-state index in [1.54, 1.807) is 12.1 Å². The highest BCUT2D eigenvalue weighted by atomic mass is 32.2. The number of hydrogen-bond acceptors (Lipinski definition) is 3. The van der Waals surface area contributed by atoms with Crippen molar-refractivity contribution in [2.24, 2.45) is 0 Å². The maximum Gasteiger partial charge on any atom is 0.255 e. The molecular formula is C21H28N2O3S. The van der Waals surface area contributed by atoms with E-state index in [0.717, 1.165) is 41.6 Å². The molecule has 0 saturated heterocycles. The minimum atomic E-state index is -3.62. The van der Waals surface area contributed by atoms with E-state index in [1.807, 2.05) is 32.9 Å². The van der Waals surface area contributed by atoms with E-state index in [4.69, 9.17) is 0 Å². The molecule has 6 heteroatoms. The van der Waals surface area contributed by atoms with Crippen molar-refractivity contribution in [2.75, 3.05) is 11.9 Å². The van der Waals surface area contributed by atoms with Crippen LogP contribution in [0.5, 0.6) is 0 Å². The molecule has 0 radical (unpaired) electrons. The average Bonchev–Trinajstić information content (AvgIpc) is 2.61. The molecule has 5 nitrogen and oxygen atoms in total. The molecule has 0 aliphatic rings. The molecule has 0 fully saturated rings. The predicted molar refractivity (Wildman–Crippen MR) is 110 cm³/mol. The van der Waals surface area contributed by atoms with E-state index >= 15 is 0 Å². The van der Waals surface area contributed by atoms with Crippen LogP contribution in [0.2, 0.25) is 0 Å². The SMILES string of the molecule is CCCCCNS(=O)(=O)c1cccc(C(=O)Nc2c(C)cc(C)cc2C)c1. The van der Waals surface area contributed by atoms with Gasteiger partial charge in [0.1, 0.15) is 0 Å². The second kappa shape index (κ2) is 9.15. The Morgan fingerprint density at radius 3 is 2.30 bits per heavy atom. The third-order valence-electron chi connectivity index (χ3n) is 4.39. The van der Waals surface area contributed by atoms with Crippen molar-refractivity contribution >= 4 is 21.6 Å². The molecule has 0 aliphatic carbocycles. The van der Waals surface area contributed by atoms with E-state index in [9.17, 15) is 13.2 Å². The van der Waals surface area contributed by atoms with Crippen LogP contribution in [-0.2, 0) is 10.0 Å². The van der Waals surface area contributed by atoms with E-state index in [2.05, 4.69) is 17.0 Å². The van der Waals surface area contributed by atoms with Crippen molar-refractivity contribution in [1.29, 1.82) is 0 Å². The van der Waals surface area contributed by atoms with Crippen LogP contribution in [0, 0.1) is 20.8 Å². The number of amides is 1. The Morgan fingerprint density at radius 1 is 1.00 bits per heavy atom. The van der Waals surface area contributed by atoms with Gasteiger partial charge in [-0.3, -0.25) is 4.79 Å². The lowest BCUT2D eigenvalue weighted by Crippen LogP contribution is -2.25. The standard InChI is InChI=1S/C21H28N2O3S/c1-5-6-7-11-22-27(25,26)19-10-8-9-18(14-19)21(24)23-20-16(3)12-15(2)13-17(20)4/h8-10,12-14,22H,5-7,11H2,1-4H3,(H,23,24). The summed E-state index contributed by atoms with van der Waals surface area (Å²) in [7, 11) is -3.62. The average molecular weight is 389 g/mol. The van der Waals surface area contributed by atoms with E-state index in [-0.39, 0.29) is 10.8 Å². The Bertz CT molecular complexity index is 898.